The van der Waals surface area contributed by atoms with Crippen molar-refractivity contribution in [1.82, 2.24) is 0 Å². The Hall–Kier alpha value is -1.96. The van der Waals surface area contributed by atoms with Crippen molar-refractivity contribution in [2.75, 3.05) is 0 Å². The molecule has 0 aliphatic rings. The fourth-order valence-electron chi connectivity index (χ4n) is 3.65. The van der Waals surface area contributed by atoms with Crippen molar-refractivity contribution < 1.29 is 10.2 Å². The summed E-state index contributed by atoms with van der Waals surface area (Å²) in [6.45, 7) is 10.9. The Balaban J connectivity index is 2.62. The number of hydrogen-bond donors (Lipinski definition) is 2. The molecule has 2 N–H and O–H groups in total. The predicted octanol–water partition coefficient (Wildman–Crippen LogP) is 6.67. The highest BCUT2D eigenvalue weighted by atomic mass is 16.3. The maximum Gasteiger partial charge on any atom is 0.115 e. The summed E-state index contributed by atoms with van der Waals surface area (Å²) in [5.41, 5.74) is 5.02. The van der Waals surface area contributed by atoms with Crippen LogP contribution in [-0.4, -0.2) is 10.2 Å². The number of aromatic hydroxyl groups is 2. The van der Waals surface area contributed by atoms with Gasteiger partial charge in [-0.15, -0.1) is 0 Å². The maximum absolute atomic E-state index is 9.96. The summed E-state index contributed by atoms with van der Waals surface area (Å²) < 4.78 is 0. The molecule has 136 valence electrons. The zero-order valence-electron chi connectivity index (χ0n) is 16.2. The molecule has 0 unspecified atom stereocenters. The molecule has 0 aliphatic carbocycles. The number of hydrogen-bond acceptors (Lipinski definition) is 2. The number of phenolic OH excluding ortho intramolecular Hbond substituents is 2. The summed E-state index contributed by atoms with van der Waals surface area (Å²) in [4.78, 5) is 0. The van der Waals surface area contributed by atoms with Crippen LogP contribution < -0.4 is 0 Å². The molecule has 0 bridgehead atoms. The van der Waals surface area contributed by atoms with Gasteiger partial charge in [0.2, 0.25) is 0 Å². The summed E-state index contributed by atoms with van der Waals surface area (Å²) in [7, 11) is 0. The van der Waals surface area contributed by atoms with Crippen molar-refractivity contribution in [3.63, 3.8) is 0 Å². The van der Waals surface area contributed by atoms with Crippen LogP contribution in [0.5, 0.6) is 11.5 Å². The summed E-state index contributed by atoms with van der Waals surface area (Å²) in [6.07, 6.45) is 3.38. The Labute approximate surface area is 152 Å². The van der Waals surface area contributed by atoms with Gasteiger partial charge in [-0.05, 0) is 64.8 Å². The van der Waals surface area contributed by atoms with Crippen molar-refractivity contribution in [1.29, 1.82) is 0 Å². The Morgan fingerprint density at radius 2 is 1.16 bits per heavy atom. The second kappa shape index (κ2) is 8.42. The average Bonchev–Trinajstić information content (AvgIpc) is 2.56. The molecule has 0 saturated heterocycles. The number of benzene rings is 2. The molecule has 2 rings (SSSR count). The molecule has 2 aromatic carbocycles. The summed E-state index contributed by atoms with van der Waals surface area (Å²) in [5.74, 6) is 1.65. The van der Waals surface area contributed by atoms with Crippen LogP contribution in [0, 0.1) is 0 Å². The zero-order valence-corrected chi connectivity index (χ0v) is 16.2. The fourth-order valence-corrected chi connectivity index (χ4v) is 3.65. The van der Waals surface area contributed by atoms with Crippen LogP contribution in [0.25, 0.3) is 0 Å². The highest BCUT2D eigenvalue weighted by Gasteiger charge is 2.22. The number of rotatable bonds is 7. The smallest absolute Gasteiger partial charge is 0.115 e. The lowest BCUT2D eigenvalue weighted by molar-refractivity contribution is 0.473. The van der Waals surface area contributed by atoms with Gasteiger partial charge in [0, 0.05) is 5.92 Å². The van der Waals surface area contributed by atoms with Crippen molar-refractivity contribution >= 4 is 0 Å². The maximum atomic E-state index is 9.96. The van der Waals surface area contributed by atoms with Gasteiger partial charge in [0.15, 0.2) is 0 Å². The van der Waals surface area contributed by atoms with E-state index in [0.29, 0.717) is 23.3 Å². The van der Waals surface area contributed by atoms with Gasteiger partial charge in [0.05, 0.1) is 0 Å². The third kappa shape index (κ3) is 4.56. The molecule has 2 nitrogen and oxygen atoms in total. The largest absolute Gasteiger partial charge is 0.508 e. The third-order valence-electron chi connectivity index (χ3n) is 4.98. The van der Waals surface area contributed by atoms with Crippen molar-refractivity contribution in [3.8, 4) is 11.5 Å². The SMILES string of the molecule is CCCCC(c1ccc(O)cc1C(C)C)c1ccc(O)cc1C(C)C. The van der Waals surface area contributed by atoms with Gasteiger partial charge in [0.1, 0.15) is 11.5 Å². The van der Waals surface area contributed by atoms with Crippen molar-refractivity contribution in [2.24, 2.45) is 0 Å². The number of phenols is 2. The van der Waals surface area contributed by atoms with E-state index in [-0.39, 0.29) is 5.92 Å². The Morgan fingerprint density at radius 1 is 0.720 bits per heavy atom. The topological polar surface area (TPSA) is 40.5 Å². The van der Waals surface area contributed by atoms with Crippen LogP contribution in [0.15, 0.2) is 36.4 Å². The molecule has 0 atom stereocenters. The minimum absolute atomic E-state index is 0.288. The third-order valence-corrected chi connectivity index (χ3v) is 4.98. The minimum atomic E-state index is 0.288. The molecule has 0 aromatic heterocycles. The van der Waals surface area contributed by atoms with E-state index in [9.17, 15) is 10.2 Å². The average molecular weight is 341 g/mol. The normalized spacial score (nSPS) is 11.7. The van der Waals surface area contributed by atoms with E-state index in [4.69, 9.17) is 0 Å². The quantitative estimate of drug-likeness (QED) is 0.591. The van der Waals surface area contributed by atoms with E-state index >= 15 is 0 Å². The van der Waals surface area contributed by atoms with Crippen LogP contribution in [0.3, 0.4) is 0 Å². The molecule has 0 spiro atoms. The highest BCUT2D eigenvalue weighted by molar-refractivity contribution is 5.47. The first-order chi connectivity index (χ1) is 11.8. The predicted molar refractivity (Wildman–Crippen MR) is 106 cm³/mol. The molecule has 0 radical (unpaired) electrons. The van der Waals surface area contributed by atoms with Crippen LogP contribution in [0.4, 0.5) is 0 Å². The molecule has 2 aromatic rings. The molecular weight excluding hydrogens is 308 g/mol. The lowest BCUT2D eigenvalue weighted by Gasteiger charge is -2.26. The molecule has 25 heavy (non-hydrogen) atoms. The van der Waals surface area contributed by atoms with E-state index in [1.165, 1.54) is 22.3 Å². The van der Waals surface area contributed by atoms with Gasteiger partial charge in [0.25, 0.3) is 0 Å². The Bertz CT molecular complexity index is 644. The first kappa shape index (κ1) is 19.4. The van der Waals surface area contributed by atoms with E-state index in [1.54, 1.807) is 12.1 Å². The van der Waals surface area contributed by atoms with Gasteiger partial charge < -0.3 is 10.2 Å². The second-order valence-corrected chi connectivity index (χ2v) is 7.63. The van der Waals surface area contributed by atoms with Gasteiger partial charge in [-0.25, -0.2) is 0 Å². The van der Waals surface area contributed by atoms with Gasteiger partial charge in [-0.1, -0.05) is 59.6 Å². The first-order valence-corrected chi connectivity index (χ1v) is 9.50. The lowest BCUT2D eigenvalue weighted by Crippen LogP contribution is -2.09. The van der Waals surface area contributed by atoms with Crippen molar-refractivity contribution in [2.45, 2.75) is 71.6 Å². The molecule has 0 heterocycles. The molecule has 2 heteroatoms. The molecule has 0 aliphatic heterocycles. The van der Waals surface area contributed by atoms with Crippen molar-refractivity contribution in [3.05, 3.63) is 58.7 Å². The zero-order chi connectivity index (χ0) is 18.6. The lowest BCUT2D eigenvalue weighted by atomic mass is 9.78. The summed E-state index contributed by atoms with van der Waals surface area (Å²) >= 11 is 0. The van der Waals surface area contributed by atoms with Gasteiger partial charge in [-0.2, -0.15) is 0 Å². The molecule has 0 saturated carbocycles. The van der Waals surface area contributed by atoms with Crippen LogP contribution in [0.1, 0.15) is 93.9 Å². The van der Waals surface area contributed by atoms with Crippen LogP contribution >= 0.6 is 0 Å². The fraction of sp³-hybridized carbons (Fsp3) is 0.478. The standard InChI is InChI=1S/C23H32O2/c1-6-7-8-19(20-11-9-17(24)13-22(20)15(2)3)21-12-10-18(25)14-23(21)16(4)5/h9-16,19,24-25H,6-8H2,1-5H3. The second-order valence-electron chi connectivity index (χ2n) is 7.63. The van der Waals surface area contributed by atoms with E-state index in [1.807, 2.05) is 12.1 Å². The molecular formula is C23H32O2. The number of unbranched alkanes of at least 4 members (excludes halogenated alkanes) is 1. The van der Waals surface area contributed by atoms with Gasteiger partial charge >= 0.3 is 0 Å². The van der Waals surface area contributed by atoms with Crippen LogP contribution in [0.2, 0.25) is 0 Å². The summed E-state index contributed by atoms with van der Waals surface area (Å²) in [6, 6.07) is 11.6. The molecule has 0 amide bonds. The van der Waals surface area contributed by atoms with E-state index in [0.717, 1.165) is 19.3 Å². The summed E-state index contributed by atoms with van der Waals surface area (Å²) in [5, 5.41) is 19.9. The van der Waals surface area contributed by atoms with E-state index in [2.05, 4.69) is 46.8 Å². The first-order valence-electron chi connectivity index (χ1n) is 9.50. The monoisotopic (exact) mass is 340 g/mol. The minimum Gasteiger partial charge on any atom is -0.508 e. The Morgan fingerprint density at radius 3 is 1.52 bits per heavy atom. The Kier molecular flexibility index (Phi) is 6.52. The highest BCUT2D eigenvalue weighted by Crippen LogP contribution is 2.40. The molecule has 0 fully saturated rings. The van der Waals surface area contributed by atoms with Crippen LogP contribution in [-0.2, 0) is 0 Å². The van der Waals surface area contributed by atoms with Gasteiger partial charge in [-0.3, -0.25) is 0 Å². The van der Waals surface area contributed by atoms with E-state index < -0.39 is 0 Å².